The van der Waals surface area contributed by atoms with Gasteiger partial charge in [0.05, 0.1) is 0 Å². The molecule has 128 valence electrons. The number of anilines is 1. The van der Waals surface area contributed by atoms with E-state index in [-0.39, 0.29) is 24.4 Å². The van der Waals surface area contributed by atoms with Gasteiger partial charge in [-0.25, -0.2) is 8.78 Å². The number of halogens is 2. The maximum absolute atomic E-state index is 14.0. The van der Waals surface area contributed by atoms with E-state index in [4.69, 9.17) is 5.73 Å². The predicted molar refractivity (Wildman–Crippen MR) is 85.6 cm³/mol. The van der Waals surface area contributed by atoms with Gasteiger partial charge in [0, 0.05) is 42.7 Å². The van der Waals surface area contributed by atoms with Crippen molar-refractivity contribution in [2.45, 2.75) is 24.8 Å². The lowest BCUT2D eigenvalue weighted by molar-refractivity contribution is -0.110. The van der Waals surface area contributed by atoms with Crippen LogP contribution in [-0.4, -0.2) is 45.8 Å². The molecule has 0 aliphatic carbocycles. The van der Waals surface area contributed by atoms with Crippen molar-refractivity contribution in [3.8, 4) is 0 Å². The first-order valence-corrected chi connectivity index (χ1v) is 7.45. The Morgan fingerprint density at radius 3 is 2.22 bits per heavy atom. The molecule has 5 nitrogen and oxygen atoms in total. The van der Waals surface area contributed by atoms with Crippen LogP contribution in [-0.2, 0) is 9.59 Å². The molecule has 0 amide bonds. The van der Waals surface area contributed by atoms with Gasteiger partial charge in [-0.3, -0.25) is 0 Å². The van der Waals surface area contributed by atoms with Gasteiger partial charge in [0.25, 0.3) is 0 Å². The molecular formula is C16H23F2N3O2. The highest BCUT2D eigenvalue weighted by atomic mass is 19.1. The van der Waals surface area contributed by atoms with Gasteiger partial charge in [-0.1, -0.05) is 0 Å². The second-order valence-corrected chi connectivity index (χ2v) is 5.47. The SMILES string of the molecule is CNC.NC1CN(c2cc(F)c(C(C=O)CCC=O)c(F)c2)C1. The summed E-state index contributed by atoms with van der Waals surface area (Å²) in [4.78, 5) is 23.1. The lowest BCUT2D eigenvalue weighted by Gasteiger charge is -2.39. The van der Waals surface area contributed by atoms with Crippen LogP contribution in [0.2, 0.25) is 0 Å². The summed E-state index contributed by atoms with van der Waals surface area (Å²) in [6, 6.07) is 2.44. The average Bonchev–Trinajstić information content (AvgIpc) is 2.47. The molecule has 0 spiro atoms. The standard InChI is InChI=1S/C14H16F2N2O2.C2H7N/c15-12-4-11(18-6-10(17)7-18)5-13(16)14(12)9(8-20)2-1-3-19;1-3-2/h3-5,8-10H,1-2,6-7,17H2;3H,1-2H3. The topological polar surface area (TPSA) is 75.4 Å². The van der Waals surface area contributed by atoms with Crippen molar-refractivity contribution in [1.82, 2.24) is 5.32 Å². The van der Waals surface area contributed by atoms with Gasteiger partial charge < -0.3 is 25.5 Å². The van der Waals surface area contributed by atoms with Gasteiger partial charge in [-0.15, -0.1) is 0 Å². The summed E-state index contributed by atoms with van der Waals surface area (Å²) in [5.74, 6) is -2.46. The van der Waals surface area contributed by atoms with Crippen LogP contribution in [0.1, 0.15) is 24.3 Å². The molecule has 1 aromatic carbocycles. The lowest BCUT2D eigenvalue weighted by atomic mass is 9.94. The summed E-state index contributed by atoms with van der Waals surface area (Å²) in [6.45, 7) is 1.11. The summed E-state index contributed by atoms with van der Waals surface area (Å²) in [7, 11) is 3.75. The third-order valence-corrected chi connectivity index (χ3v) is 3.47. The summed E-state index contributed by atoms with van der Waals surface area (Å²) in [6.07, 6.45) is 1.30. The first-order valence-electron chi connectivity index (χ1n) is 7.45. The van der Waals surface area contributed by atoms with Crippen molar-refractivity contribution in [3.05, 3.63) is 29.3 Å². The van der Waals surface area contributed by atoms with E-state index in [9.17, 15) is 18.4 Å². The fraction of sp³-hybridized carbons (Fsp3) is 0.500. The summed E-state index contributed by atoms with van der Waals surface area (Å²) in [5.41, 5.74) is 5.78. The van der Waals surface area contributed by atoms with Crippen LogP contribution in [0.4, 0.5) is 14.5 Å². The monoisotopic (exact) mass is 327 g/mol. The van der Waals surface area contributed by atoms with Crippen molar-refractivity contribution < 1.29 is 18.4 Å². The number of aldehydes is 2. The van der Waals surface area contributed by atoms with Crippen molar-refractivity contribution in [1.29, 1.82) is 0 Å². The van der Waals surface area contributed by atoms with E-state index in [1.807, 2.05) is 14.1 Å². The van der Waals surface area contributed by atoms with Gasteiger partial charge in [0.2, 0.25) is 0 Å². The third kappa shape index (κ3) is 5.07. The molecule has 1 heterocycles. The smallest absolute Gasteiger partial charge is 0.132 e. The highest BCUT2D eigenvalue weighted by Gasteiger charge is 2.27. The molecule has 1 aliphatic heterocycles. The van der Waals surface area contributed by atoms with Gasteiger partial charge in [-0.2, -0.15) is 0 Å². The Morgan fingerprint density at radius 2 is 1.83 bits per heavy atom. The van der Waals surface area contributed by atoms with E-state index >= 15 is 0 Å². The normalized spacial score (nSPS) is 15.3. The highest BCUT2D eigenvalue weighted by Crippen LogP contribution is 2.30. The van der Waals surface area contributed by atoms with Crippen LogP contribution in [0, 0.1) is 11.6 Å². The van der Waals surface area contributed by atoms with Gasteiger partial charge in [0.15, 0.2) is 0 Å². The fourth-order valence-electron chi connectivity index (χ4n) is 2.36. The molecule has 1 aromatic rings. The Bertz CT molecular complexity index is 511. The zero-order valence-electron chi connectivity index (χ0n) is 13.4. The van der Waals surface area contributed by atoms with Crippen molar-refractivity contribution in [3.63, 3.8) is 0 Å². The average molecular weight is 327 g/mol. The molecular weight excluding hydrogens is 304 g/mol. The number of carbonyl (C=O) groups is 2. The quantitative estimate of drug-likeness (QED) is 0.768. The van der Waals surface area contributed by atoms with Gasteiger partial charge in [0.1, 0.15) is 24.2 Å². The Balaban J connectivity index is 0.000000816. The Kier molecular flexibility index (Phi) is 7.77. The molecule has 1 fully saturated rings. The minimum atomic E-state index is -0.937. The minimum absolute atomic E-state index is 0.0242. The molecule has 1 unspecified atom stereocenters. The number of rotatable bonds is 6. The number of nitrogens with two attached hydrogens (primary N) is 1. The van der Waals surface area contributed by atoms with Crippen LogP contribution in [0.15, 0.2) is 12.1 Å². The highest BCUT2D eigenvalue weighted by molar-refractivity contribution is 5.65. The first kappa shape index (κ1) is 19.2. The summed E-state index contributed by atoms with van der Waals surface area (Å²) < 4.78 is 28.1. The Morgan fingerprint density at radius 1 is 1.30 bits per heavy atom. The van der Waals surface area contributed by atoms with Crippen molar-refractivity contribution in [2.75, 3.05) is 32.1 Å². The molecule has 0 bridgehead atoms. The van der Waals surface area contributed by atoms with E-state index in [2.05, 4.69) is 5.32 Å². The second-order valence-electron chi connectivity index (χ2n) is 5.47. The summed E-state index contributed by atoms with van der Waals surface area (Å²) >= 11 is 0. The molecule has 23 heavy (non-hydrogen) atoms. The molecule has 0 saturated carbocycles. The molecule has 1 saturated heterocycles. The van der Waals surface area contributed by atoms with E-state index in [0.717, 1.165) is 0 Å². The number of hydrogen-bond acceptors (Lipinski definition) is 5. The summed E-state index contributed by atoms with van der Waals surface area (Å²) in [5, 5.41) is 2.75. The van der Waals surface area contributed by atoms with Crippen LogP contribution >= 0.6 is 0 Å². The molecule has 0 aromatic heterocycles. The Hall–Kier alpha value is -1.86. The van der Waals surface area contributed by atoms with E-state index in [1.54, 1.807) is 4.90 Å². The molecule has 0 radical (unpaired) electrons. The largest absolute Gasteiger partial charge is 0.368 e. The van der Waals surface area contributed by atoms with E-state index in [0.29, 0.717) is 31.3 Å². The van der Waals surface area contributed by atoms with Crippen LogP contribution in [0.5, 0.6) is 0 Å². The number of nitrogens with zero attached hydrogens (tertiary/aromatic N) is 1. The van der Waals surface area contributed by atoms with E-state index < -0.39 is 17.6 Å². The zero-order chi connectivity index (χ0) is 17.4. The van der Waals surface area contributed by atoms with Crippen molar-refractivity contribution >= 4 is 18.3 Å². The Labute approximate surface area is 134 Å². The maximum Gasteiger partial charge on any atom is 0.132 e. The van der Waals surface area contributed by atoms with Crippen LogP contribution in [0.3, 0.4) is 0 Å². The number of hydrogen-bond donors (Lipinski definition) is 2. The van der Waals surface area contributed by atoms with E-state index in [1.165, 1.54) is 12.1 Å². The maximum atomic E-state index is 14.0. The van der Waals surface area contributed by atoms with Gasteiger partial charge >= 0.3 is 0 Å². The fourth-order valence-corrected chi connectivity index (χ4v) is 2.36. The molecule has 1 aliphatic rings. The van der Waals surface area contributed by atoms with Crippen LogP contribution in [0.25, 0.3) is 0 Å². The second kappa shape index (κ2) is 9.32. The minimum Gasteiger partial charge on any atom is -0.368 e. The number of benzene rings is 1. The predicted octanol–water partition coefficient (Wildman–Crippen LogP) is 1.21. The number of nitrogens with one attached hydrogen (secondary N) is 1. The molecule has 2 rings (SSSR count). The third-order valence-electron chi connectivity index (χ3n) is 3.47. The van der Waals surface area contributed by atoms with Gasteiger partial charge in [-0.05, 0) is 32.6 Å². The molecule has 7 heteroatoms. The first-order chi connectivity index (χ1) is 11.0. The van der Waals surface area contributed by atoms with Crippen LogP contribution < -0.4 is 16.0 Å². The van der Waals surface area contributed by atoms with Crippen molar-refractivity contribution in [2.24, 2.45) is 5.73 Å². The molecule has 3 N–H and O–H groups in total. The zero-order valence-corrected chi connectivity index (χ0v) is 13.4. The number of carbonyl (C=O) groups excluding carboxylic acids is 2. The lowest BCUT2D eigenvalue weighted by Crippen LogP contribution is -2.55. The molecule has 1 atom stereocenters.